The van der Waals surface area contributed by atoms with Gasteiger partial charge in [-0.1, -0.05) is 26.8 Å². The van der Waals surface area contributed by atoms with Crippen LogP contribution in [0.3, 0.4) is 0 Å². The standard InChI is InChI=1S/C18H30N2O/c1-5-14(4)21-18-10-8-9-17(11-18)20-13-15(6-2)19-12-16(20)7-3/h8-11,14-16,19H,5-7,12-13H2,1-4H3. The van der Waals surface area contributed by atoms with Crippen LogP contribution in [0.25, 0.3) is 0 Å². The van der Waals surface area contributed by atoms with Gasteiger partial charge in [-0.3, -0.25) is 0 Å². The molecule has 0 saturated carbocycles. The molecule has 0 spiro atoms. The molecule has 0 aliphatic carbocycles. The summed E-state index contributed by atoms with van der Waals surface area (Å²) in [6, 6.07) is 9.76. The van der Waals surface area contributed by atoms with Crippen molar-refractivity contribution in [1.82, 2.24) is 5.32 Å². The van der Waals surface area contributed by atoms with Crippen molar-refractivity contribution < 1.29 is 4.74 Å². The van der Waals surface area contributed by atoms with Gasteiger partial charge in [0, 0.05) is 36.9 Å². The Morgan fingerprint density at radius 2 is 2.10 bits per heavy atom. The maximum atomic E-state index is 5.97. The predicted molar refractivity (Wildman–Crippen MR) is 90.3 cm³/mol. The molecule has 1 aromatic rings. The zero-order valence-electron chi connectivity index (χ0n) is 13.9. The van der Waals surface area contributed by atoms with Gasteiger partial charge in [0.2, 0.25) is 0 Å². The Labute approximate surface area is 129 Å². The van der Waals surface area contributed by atoms with E-state index in [1.54, 1.807) is 0 Å². The maximum Gasteiger partial charge on any atom is 0.121 e. The van der Waals surface area contributed by atoms with Crippen LogP contribution in [0.2, 0.25) is 0 Å². The molecule has 1 saturated heterocycles. The summed E-state index contributed by atoms with van der Waals surface area (Å²) in [5.74, 6) is 0.989. The number of piperazine rings is 1. The van der Waals surface area contributed by atoms with Crippen molar-refractivity contribution in [2.24, 2.45) is 0 Å². The molecule has 21 heavy (non-hydrogen) atoms. The number of anilines is 1. The van der Waals surface area contributed by atoms with E-state index in [1.165, 1.54) is 18.5 Å². The van der Waals surface area contributed by atoms with Gasteiger partial charge < -0.3 is 15.0 Å². The zero-order valence-corrected chi connectivity index (χ0v) is 13.9. The molecule has 3 heteroatoms. The smallest absolute Gasteiger partial charge is 0.121 e. The Hall–Kier alpha value is -1.22. The molecule has 1 aromatic carbocycles. The highest BCUT2D eigenvalue weighted by Crippen LogP contribution is 2.26. The third-order valence-corrected chi connectivity index (χ3v) is 4.53. The summed E-state index contributed by atoms with van der Waals surface area (Å²) >= 11 is 0. The first kappa shape index (κ1) is 16.2. The van der Waals surface area contributed by atoms with Crippen LogP contribution in [0.5, 0.6) is 5.75 Å². The van der Waals surface area contributed by atoms with E-state index in [1.807, 2.05) is 0 Å². The van der Waals surface area contributed by atoms with Crippen LogP contribution in [0.4, 0.5) is 5.69 Å². The molecule has 3 nitrogen and oxygen atoms in total. The fourth-order valence-corrected chi connectivity index (χ4v) is 2.87. The van der Waals surface area contributed by atoms with E-state index in [-0.39, 0.29) is 6.10 Å². The number of rotatable bonds is 6. The first-order chi connectivity index (χ1) is 10.2. The largest absolute Gasteiger partial charge is 0.491 e. The van der Waals surface area contributed by atoms with Gasteiger partial charge >= 0.3 is 0 Å². The Morgan fingerprint density at radius 3 is 2.76 bits per heavy atom. The second-order valence-corrected chi connectivity index (χ2v) is 6.06. The fourth-order valence-electron chi connectivity index (χ4n) is 2.87. The molecular formula is C18H30N2O. The second-order valence-electron chi connectivity index (χ2n) is 6.06. The first-order valence-electron chi connectivity index (χ1n) is 8.44. The summed E-state index contributed by atoms with van der Waals surface area (Å²) in [7, 11) is 0. The zero-order chi connectivity index (χ0) is 15.2. The molecule has 3 atom stereocenters. The van der Waals surface area contributed by atoms with Crippen molar-refractivity contribution in [2.75, 3.05) is 18.0 Å². The second kappa shape index (κ2) is 7.69. The lowest BCUT2D eigenvalue weighted by atomic mass is 10.0. The quantitative estimate of drug-likeness (QED) is 0.861. The minimum atomic E-state index is 0.272. The van der Waals surface area contributed by atoms with Crippen LogP contribution in [0.1, 0.15) is 47.0 Å². The van der Waals surface area contributed by atoms with Gasteiger partial charge in [-0.05, 0) is 38.3 Å². The molecule has 1 N–H and O–H groups in total. The van der Waals surface area contributed by atoms with Crippen molar-refractivity contribution >= 4 is 5.69 Å². The van der Waals surface area contributed by atoms with Crippen molar-refractivity contribution in [3.63, 3.8) is 0 Å². The molecule has 118 valence electrons. The van der Waals surface area contributed by atoms with Gasteiger partial charge in [0.15, 0.2) is 0 Å². The van der Waals surface area contributed by atoms with Crippen molar-refractivity contribution in [2.45, 2.75) is 65.1 Å². The van der Waals surface area contributed by atoms with E-state index in [9.17, 15) is 0 Å². The third-order valence-electron chi connectivity index (χ3n) is 4.53. The molecule has 0 bridgehead atoms. The number of hydrogen-bond acceptors (Lipinski definition) is 3. The lowest BCUT2D eigenvalue weighted by molar-refractivity contribution is 0.217. The summed E-state index contributed by atoms with van der Waals surface area (Å²) in [5.41, 5.74) is 1.29. The minimum absolute atomic E-state index is 0.272. The van der Waals surface area contributed by atoms with Crippen molar-refractivity contribution in [1.29, 1.82) is 0 Å². The number of hydrogen-bond donors (Lipinski definition) is 1. The predicted octanol–water partition coefficient (Wildman–Crippen LogP) is 3.83. The van der Waals surface area contributed by atoms with E-state index in [2.05, 4.69) is 62.2 Å². The van der Waals surface area contributed by atoms with Gasteiger partial charge in [-0.25, -0.2) is 0 Å². The van der Waals surface area contributed by atoms with Gasteiger partial charge in [0.25, 0.3) is 0 Å². The van der Waals surface area contributed by atoms with Gasteiger partial charge in [-0.2, -0.15) is 0 Å². The van der Waals surface area contributed by atoms with Crippen LogP contribution in [-0.2, 0) is 0 Å². The average molecular weight is 290 g/mol. The normalized spacial score (nSPS) is 23.9. The highest BCUT2D eigenvalue weighted by atomic mass is 16.5. The number of nitrogens with zero attached hydrogens (tertiary/aromatic N) is 1. The van der Waals surface area contributed by atoms with Crippen LogP contribution in [0, 0.1) is 0 Å². The number of benzene rings is 1. The van der Waals surface area contributed by atoms with Crippen LogP contribution >= 0.6 is 0 Å². The first-order valence-corrected chi connectivity index (χ1v) is 8.44. The van der Waals surface area contributed by atoms with Crippen LogP contribution < -0.4 is 15.0 Å². The molecule has 0 radical (unpaired) electrons. The lowest BCUT2D eigenvalue weighted by Crippen LogP contribution is -2.56. The third kappa shape index (κ3) is 4.13. The molecule has 1 aliphatic rings. The van der Waals surface area contributed by atoms with E-state index >= 15 is 0 Å². The molecular weight excluding hydrogens is 260 g/mol. The van der Waals surface area contributed by atoms with Crippen molar-refractivity contribution in [3.05, 3.63) is 24.3 Å². The van der Waals surface area contributed by atoms with Crippen molar-refractivity contribution in [3.8, 4) is 5.75 Å². The van der Waals surface area contributed by atoms with Gasteiger partial charge in [-0.15, -0.1) is 0 Å². The molecule has 1 heterocycles. The van der Waals surface area contributed by atoms with E-state index < -0.39 is 0 Å². The minimum Gasteiger partial charge on any atom is -0.491 e. The maximum absolute atomic E-state index is 5.97. The van der Waals surface area contributed by atoms with E-state index in [4.69, 9.17) is 4.74 Å². The Morgan fingerprint density at radius 1 is 1.29 bits per heavy atom. The summed E-state index contributed by atoms with van der Waals surface area (Å²) in [6.45, 7) is 11.0. The lowest BCUT2D eigenvalue weighted by Gasteiger charge is -2.41. The molecule has 3 unspecified atom stereocenters. The highest BCUT2D eigenvalue weighted by molar-refractivity contribution is 5.52. The summed E-state index contributed by atoms with van der Waals surface area (Å²) in [5, 5.41) is 3.65. The number of ether oxygens (including phenoxy) is 1. The van der Waals surface area contributed by atoms with Gasteiger partial charge in [0.1, 0.15) is 5.75 Å². The van der Waals surface area contributed by atoms with Gasteiger partial charge in [0.05, 0.1) is 6.10 Å². The fraction of sp³-hybridized carbons (Fsp3) is 0.667. The molecule has 0 amide bonds. The van der Waals surface area contributed by atoms with E-state index in [0.717, 1.165) is 25.3 Å². The number of nitrogens with one attached hydrogen (secondary N) is 1. The summed E-state index contributed by atoms with van der Waals surface area (Å²) in [6.07, 6.45) is 3.65. The topological polar surface area (TPSA) is 24.5 Å². The molecule has 0 aromatic heterocycles. The SMILES string of the molecule is CCC1CN(c2cccc(OC(C)CC)c2)C(CC)CN1. The Balaban J connectivity index is 2.16. The average Bonchev–Trinajstić information content (AvgIpc) is 2.54. The Bertz CT molecular complexity index is 435. The monoisotopic (exact) mass is 290 g/mol. The molecule has 1 fully saturated rings. The van der Waals surface area contributed by atoms with E-state index in [0.29, 0.717) is 12.1 Å². The molecule has 1 aliphatic heterocycles. The summed E-state index contributed by atoms with van der Waals surface area (Å²) in [4.78, 5) is 2.55. The highest BCUT2D eigenvalue weighted by Gasteiger charge is 2.26. The summed E-state index contributed by atoms with van der Waals surface area (Å²) < 4.78 is 5.97. The van der Waals surface area contributed by atoms with Crippen LogP contribution in [0.15, 0.2) is 24.3 Å². The molecule has 2 rings (SSSR count). The van der Waals surface area contributed by atoms with Crippen LogP contribution in [-0.4, -0.2) is 31.3 Å². The Kier molecular flexibility index (Phi) is 5.92.